The number of aromatic nitrogens is 6. The number of aryl methyl sites for hydroxylation is 1. The van der Waals surface area contributed by atoms with E-state index in [1.807, 2.05) is 0 Å². The summed E-state index contributed by atoms with van der Waals surface area (Å²) in [4.78, 5) is 39.8. The van der Waals surface area contributed by atoms with E-state index < -0.39 is 6.09 Å². The van der Waals surface area contributed by atoms with Crippen LogP contribution in [0.5, 0.6) is 0 Å². The Morgan fingerprint density at radius 2 is 2.08 bits per heavy atom. The first-order valence-corrected chi connectivity index (χ1v) is 9.16. The molecule has 0 unspecified atom stereocenters. The summed E-state index contributed by atoms with van der Waals surface area (Å²) in [5, 5.41) is 0. The monoisotopic (exact) mass is 420 g/mol. The Hall–Kier alpha value is -2.49. The van der Waals surface area contributed by atoms with Crippen molar-refractivity contribution in [3.05, 3.63) is 39.5 Å². The van der Waals surface area contributed by atoms with Crippen LogP contribution in [0.1, 0.15) is 37.5 Å². The normalized spacial score (nSPS) is 20.4. The van der Waals surface area contributed by atoms with Crippen molar-refractivity contribution in [1.29, 1.82) is 0 Å². The maximum absolute atomic E-state index is 12.3. The second-order valence-electron chi connectivity index (χ2n) is 6.32. The summed E-state index contributed by atoms with van der Waals surface area (Å²) in [6.45, 7) is 1.75. The fourth-order valence-corrected chi connectivity index (χ4v) is 3.67. The highest BCUT2D eigenvalue weighted by Crippen LogP contribution is 2.31. The van der Waals surface area contributed by atoms with Gasteiger partial charge in [0.1, 0.15) is 16.5 Å². The highest BCUT2D eigenvalue weighted by molar-refractivity contribution is 9.10. The summed E-state index contributed by atoms with van der Waals surface area (Å²) in [5.41, 5.74) is 0.800. The zero-order valence-corrected chi connectivity index (χ0v) is 15.6. The van der Waals surface area contributed by atoms with E-state index >= 15 is 0 Å². The number of carbonyl (C=O) groups excluding carboxylic acids is 1. The summed E-state index contributed by atoms with van der Waals surface area (Å²) < 4.78 is 9.20. The van der Waals surface area contributed by atoms with Gasteiger partial charge in [0.2, 0.25) is 0 Å². The maximum Gasteiger partial charge on any atom is 0.419 e. The highest BCUT2D eigenvalue weighted by Gasteiger charge is 2.28. The first kappa shape index (κ1) is 17.0. The Bertz CT molecular complexity index is 1010. The van der Waals surface area contributed by atoms with Crippen LogP contribution in [0.15, 0.2) is 28.0 Å². The van der Waals surface area contributed by atoms with Gasteiger partial charge in [0.25, 0.3) is 0 Å². The average Bonchev–Trinajstić information content (AvgIpc) is 3.18. The molecule has 0 radical (unpaired) electrons. The first-order chi connectivity index (χ1) is 12.5. The van der Waals surface area contributed by atoms with Crippen LogP contribution in [-0.4, -0.2) is 41.3 Å². The molecule has 0 amide bonds. The van der Waals surface area contributed by atoms with E-state index in [1.165, 1.54) is 4.57 Å². The summed E-state index contributed by atoms with van der Waals surface area (Å²) in [6.07, 6.45) is 6.94. The third-order valence-electron chi connectivity index (χ3n) is 4.70. The van der Waals surface area contributed by atoms with E-state index in [0.717, 1.165) is 12.8 Å². The molecule has 0 saturated heterocycles. The van der Waals surface area contributed by atoms with Crippen molar-refractivity contribution in [2.45, 2.75) is 44.8 Å². The fourth-order valence-electron chi connectivity index (χ4n) is 3.40. The number of carbonyl (C=O) groups is 1. The van der Waals surface area contributed by atoms with Gasteiger partial charge in [-0.05, 0) is 48.5 Å². The number of imidazole rings is 2. The number of nitrogens with one attached hydrogen (secondary N) is 1. The van der Waals surface area contributed by atoms with Gasteiger partial charge in [0, 0.05) is 18.4 Å². The molecule has 136 valence electrons. The Morgan fingerprint density at radius 1 is 1.31 bits per heavy atom. The van der Waals surface area contributed by atoms with E-state index in [-0.39, 0.29) is 17.8 Å². The summed E-state index contributed by atoms with van der Waals surface area (Å²) in [5.74, 6) is 0.596. The molecule has 1 saturated carbocycles. The highest BCUT2D eigenvalue weighted by atomic mass is 79.9. The molecule has 0 aromatic carbocycles. The number of hydrogen-bond donors (Lipinski definition) is 1. The quantitative estimate of drug-likeness (QED) is 0.682. The van der Waals surface area contributed by atoms with Gasteiger partial charge in [0.05, 0.1) is 6.20 Å². The van der Waals surface area contributed by atoms with Crippen LogP contribution in [0.4, 0.5) is 4.79 Å². The van der Waals surface area contributed by atoms with Gasteiger partial charge in [-0.25, -0.2) is 29.1 Å². The third-order valence-corrected chi connectivity index (χ3v) is 5.08. The standard InChI is InChI=1S/C16H17BrN6O3/c1-9-18-6-7-22(9)16(25)26-11-4-2-10(3-5-11)23-14-13(21-15(23)24)19-8-12(17)20-14/h6-8,10-11H,2-5H2,1H3,(H,19,21,24). The largest absolute Gasteiger partial charge is 0.446 e. The molecule has 9 nitrogen and oxygen atoms in total. The molecule has 1 fully saturated rings. The number of fused-ring (bicyclic) bond motifs is 1. The van der Waals surface area contributed by atoms with Gasteiger partial charge in [-0.2, -0.15) is 0 Å². The molecule has 26 heavy (non-hydrogen) atoms. The SMILES string of the molecule is Cc1nccn1C(=O)OC1CCC(n2c(=O)[nH]c3ncc(Br)nc32)CC1. The van der Waals surface area contributed by atoms with Crippen LogP contribution >= 0.6 is 15.9 Å². The topological polar surface area (TPSA) is 108 Å². The van der Waals surface area contributed by atoms with E-state index in [1.54, 1.807) is 30.1 Å². The van der Waals surface area contributed by atoms with Gasteiger partial charge in [-0.3, -0.25) is 9.55 Å². The van der Waals surface area contributed by atoms with E-state index in [9.17, 15) is 9.59 Å². The first-order valence-electron chi connectivity index (χ1n) is 8.36. The lowest BCUT2D eigenvalue weighted by Gasteiger charge is -2.28. The molecule has 3 aromatic rings. The second-order valence-corrected chi connectivity index (χ2v) is 7.14. The summed E-state index contributed by atoms with van der Waals surface area (Å²) in [6, 6.07) is 0.00443. The molecular weight excluding hydrogens is 404 g/mol. The molecule has 3 aromatic heterocycles. The van der Waals surface area contributed by atoms with Crippen LogP contribution in [0.25, 0.3) is 11.3 Å². The minimum Gasteiger partial charge on any atom is -0.446 e. The molecule has 4 rings (SSSR count). The van der Waals surface area contributed by atoms with Crippen LogP contribution in [0.3, 0.4) is 0 Å². The number of halogens is 1. The zero-order valence-electron chi connectivity index (χ0n) is 14.1. The van der Waals surface area contributed by atoms with Crippen LogP contribution in [0, 0.1) is 6.92 Å². The van der Waals surface area contributed by atoms with E-state index in [4.69, 9.17) is 4.74 Å². The van der Waals surface area contributed by atoms with Crippen molar-refractivity contribution in [1.82, 2.24) is 29.1 Å². The zero-order chi connectivity index (χ0) is 18.3. The number of rotatable bonds is 2. The minimum atomic E-state index is -0.414. The molecule has 3 heterocycles. The van der Waals surface area contributed by atoms with Gasteiger partial charge >= 0.3 is 11.8 Å². The molecule has 10 heteroatoms. The number of nitrogens with zero attached hydrogens (tertiary/aromatic N) is 5. The minimum absolute atomic E-state index is 0.00443. The van der Waals surface area contributed by atoms with Gasteiger partial charge in [-0.15, -0.1) is 0 Å². The van der Waals surface area contributed by atoms with Crippen molar-refractivity contribution in [3.63, 3.8) is 0 Å². The predicted molar refractivity (Wildman–Crippen MR) is 96.0 cm³/mol. The van der Waals surface area contributed by atoms with Crippen molar-refractivity contribution in [2.75, 3.05) is 0 Å². The molecule has 0 aliphatic heterocycles. The number of ether oxygens (including phenoxy) is 1. The molecule has 1 aliphatic carbocycles. The van der Waals surface area contributed by atoms with Gasteiger partial charge in [-0.1, -0.05) is 0 Å². The van der Waals surface area contributed by atoms with E-state index in [0.29, 0.717) is 34.6 Å². The van der Waals surface area contributed by atoms with Gasteiger partial charge in [0.15, 0.2) is 11.3 Å². The molecule has 1 N–H and O–H groups in total. The lowest BCUT2D eigenvalue weighted by Crippen LogP contribution is -2.31. The Morgan fingerprint density at radius 3 is 2.77 bits per heavy atom. The van der Waals surface area contributed by atoms with Crippen LogP contribution in [-0.2, 0) is 4.74 Å². The van der Waals surface area contributed by atoms with Gasteiger partial charge < -0.3 is 4.74 Å². The van der Waals surface area contributed by atoms with Crippen LogP contribution in [0.2, 0.25) is 0 Å². The number of hydrogen-bond acceptors (Lipinski definition) is 6. The Balaban J connectivity index is 1.47. The lowest BCUT2D eigenvalue weighted by atomic mass is 9.93. The van der Waals surface area contributed by atoms with Crippen molar-refractivity contribution >= 4 is 33.3 Å². The van der Waals surface area contributed by atoms with Crippen molar-refractivity contribution < 1.29 is 9.53 Å². The molecule has 1 aliphatic rings. The fraction of sp³-hybridized carbons (Fsp3) is 0.438. The van der Waals surface area contributed by atoms with Crippen LogP contribution < -0.4 is 5.69 Å². The maximum atomic E-state index is 12.3. The van der Waals surface area contributed by atoms with Crippen molar-refractivity contribution in [3.8, 4) is 0 Å². The molecule has 0 bridgehead atoms. The molecular formula is C16H17BrN6O3. The molecule has 0 atom stereocenters. The number of aromatic amines is 1. The average molecular weight is 421 g/mol. The molecule has 0 spiro atoms. The van der Waals surface area contributed by atoms with E-state index in [2.05, 4.69) is 35.9 Å². The predicted octanol–water partition coefficient (Wildman–Crippen LogP) is 2.56. The summed E-state index contributed by atoms with van der Waals surface area (Å²) >= 11 is 3.29. The smallest absolute Gasteiger partial charge is 0.419 e. The van der Waals surface area contributed by atoms with Crippen molar-refractivity contribution in [2.24, 2.45) is 0 Å². The lowest BCUT2D eigenvalue weighted by molar-refractivity contribution is 0.0662. The third kappa shape index (κ3) is 3.05. The summed E-state index contributed by atoms with van der Waals surface area (Å²) in [7, 11) is 0. The Kier molecular flexibility index (Phi) is 4.35. The second kappa shape index (κ2) is 6.67. The number of H-pyrrole nitrogens is 1. The Labute approximate surface area is 156 Å².